The zero-order valence-electron chi connectivity index (χ0n) is 18.5. The molecule has 4 heterocycles. The minimum atomic E-state index is -1.14. The minimum Gasteiger partial charge on any atom is -0.611 e. The SMILES string of the molecule is O=C(Nc1c(Cl)cncc1Cl)C1CCN(c2nc3c(c(NC4(CO)CCC4)n2)[S+]([O-])CC3)CC1. The Morgan fingerprint density at radius 1 is 1.24 bits per heavy atom. The highest BCUT2D eigenvalue weighted by molar-refractivity contribution is 7.91. The number of halogens is 2. The van der Waals surface area contributed by atoms with Gasteiger partial charge >= 0.3 is 0 Å². The number of amides is 1. The van der Waals surface area contributed by atoms with Crippen molar-refractivity contribution in [3.05, 3.63) is 28.1 Å². The number of anilines is 3. The van der Waals surface area contributed by atoms with Gasteiger partial charge in [-0.05, 0) is 43.3 Å². The van der Waals surface area contributed by atoms with Gasteiger partial charge in [0.1, 0.15) is 11.4 Å². The Morgan fingerprint density at radius 2 is 1.94 bits per heavy atom. The molecule has 3 aliphatic rings. The van der Waals surface area contributed by atoms with Crippen LogP contribution in [0.5, 0.6) is 0 Å². The summed E-state index contributed by atoms with van der Waals surface area (Å²) < 4.78 is 12.6. The largest absolute Gasteiger partial charge is 0.611 e. The van der Waals surface area contributed by atoms with Crippen LogP contribution in [0.15, 0.2) is 17.3 Å². The molecule has 12 heteroatoms. The van der Waals surface area contributed by atoms with Gasteiger partial charge in [0.2, 0.25) is 16.8 Å². The molecule has 2 aromatic rings. The molecule has 2 aliphatic heterocycles. The number of fused-ring (bicyclic) bond motifs is 1. The van der Waals surface area contributed by atoms with Crippen molar-refractivity contribution < 1.29 is 14.5 Å². The maximum atomic E-state index is 12.8. The summed E-state index contributed by atoms with van der Waals surface area (Å²) in [6.45, 7) is 1.24. The highest BCUT2D eigenvalue weighted by Gasteiger charge is 2.41. The van der Waals surface area contributed by atoms with Crippen LogP contribution < -0.4 is 15.5 Å². The molecular formula is C22H26Cl2N6O3S. The van der Waals surface area contributed by atoms with Crippen LogP contribution >= 0.6 is 23.2 Å². The number of nitrogens with zero attached hydrogens (tertiary/aromatic N) is 4. The lowest BCUT2D eigenvalue weighted by atomic mass is 9.77. The highest BCUT2D eigenvalue weighted by atomic mass is 35.5. The zero-order chi connectivity index (χ0) is 23.9. The number of aromatic nitrogens is 3. The zero-order valence-corrected chi connectivity index (χ0v) is 20.8. The lowest BCUT2D eigenvalue weighted by Crippen LogP contribution is -2.49. The van der Waals surface area contributed by atoms with E-state index in [0.717, 1.165) is 25.0 Å². The average Bonchev–Trinajstić information content (AvgIpc) is 3.19. The smallest absolute Gasteiger partial charge is 0.227 e. The molecule has 1 aliphatic carbocycles. The number of carbonyl (C=O) groups is 1. The first-order valence-corrected chi connectivity index (χ1v) is 13.5. The predicted molar refractivity (Wildman–Crippen MR) is 132 cm³/mol. The summed E-state index contributed by atoms with van der Waals surface area (Å²) in [6.07, 6.45) is 7.54. The molecule has 0 aromatic carbocycles. The number of carbonyl (C=O) groups excluding carboxylic acids is 1. The molecule has 1 amide bonds. The third-order valence-corrected chi connectivity index (χ3v) is 8.96. The Balaban J connectivity index is 1.29. The van der Waals surface area contributed by atoms with Gasteiger partial charge in [0, 0.05) is 37.8 Å². The molecule has 9 nitrogen and oxygen atoms in total. The summed E-state index contributed by atoms with van der Waals surface area (Å²) in [5.74, 6) is 1.37. The molecule has 3 N–H and O–H groups in total. The Bertz CT molecular complexity index is 1070. The van der Waals surface area contributed by atoms with Crippen LogP contribution in [0.3, 0.4) is 0 Å². The summed E-state index contributed by atoms with van der Waals surface area (Å²) in [6, 6.07) is 0. The van der Waals surface area contributed by atoms with E-state index in [1.165, 1.54) is 12.4 Å². The van der Waals surface area contributed by atoms with Crippen LogP contribution in [-0.2, 0) is 22.4 Å². The second kappa shape index (κ2) is 9.66. The third kappa shape index (κ3) is 4.54. The third-order valence-electron chi connectivity index (χ3n) is 6.92. The van der Waals surface area contributed by atoms with Crippen molar-refractivity contribution in [2.45, 2.75) is 49.0 Å². The van der Waals surface area contributed by atoms with Gasteiger partial charge in [0.15, 0.2) is 5.82 Å². The first kappa shape index (κ1) is 23.9. The molecular weight excluding hydrogens is 499 g/mol. The van der Waals surface area contributed by atoms with E-state index in [-0.39, 0.29) is 18.4 Å². The molecule has 2 fully saturated rings. The minimum absolute atomic E-state index is 0.0137. The Hall–Kier alpha value is -1.85. The molecule has 0 spiro atoms. The van der Waals surface area contributed by atoms with E-state index in [1.54, 1.807) is 0 Å². The first-order valence-electron chi connectivity index (χ1n) is 11.4. The highest BCUT2D eigenvalue weighted by Crippen LogP contribution is 2.39. The summed E-state index contributed by atoms with van der Waals surface area (Å²) in [5, 5.41) is 16.7. The van der Waals surface area contributed by atoms with E-state index in [0.29, 0.717) is 70.5 Å². The molecule has 2 aromatic heterocycles. The van der Waals surface area contributed by atoms with Crippen LogP contribution in [0, 0.1) is 5.92 Å². The molecule has 1 atom stereocenters. The second-order valence-corrected chi connectivity index (χ2v) is 11.4. The Morgan fingerprint density at radius 3 is 2.56 bits per heavy atom. The van der Waals surface area contributed by atoms with Crippen molar-refractivity contribution in [1.29, 1.82) is 0 Å². The van der Waals surface area contributed by atoms with E-state index in [9.17, 15) is 14.5 Å². The van der Waals surface area contributed by atoms with Crippen LogP contribution in [0.25, 0.3) is 0 Å². The lowest BCUT2D eigenvalue weighted by Gasteiger charge is -2.41. The summed E-state index contributed by atoms with van der Waals surface area (Å²) in [5.41, 5.74) is 0.789. The van der Waals surface area contributed by atoms with Crippen molar-refractivity contribution >= 4 is 57.7 Å². The number of rotatable bonds is 6. The second-order valence-electron chi connectivity index (χ2n) is 9.09. The predicted octanol–water partition coefficient (Wildman–Crippen LogP) is 3.02. The number of piperidine rings is 1. The molecule has 1 saturated carbocycles. The standard InChI is InChI=1S/C22H26Cl2N6O3S/c23-14-10-25-11-15(24)17(14)27-20(32)13-2-7-30(8-3-13)21-26-16-4-9-34(33)18(16)19(28-21)29-22(12-31)5-1-6-22/h10-11,13,31H,1-9,12H2,(H,25,27,32)(H,26,28,29). The van der Waals surface area contributed by atoms with Gasteiger partial charge < -0.3 is 25.2 Å². The number of aryl methyl sites for hydroxylation is 1. The summed E-state index contributed by atoms with van der Waals surface area (Å²) >= 11 is 11.1. The van der Waals surface area contributed by atoms with Crippen LogP contribution in [0.2, 0.25) is 10.0 Å². The Labute approximate surface area is 210 Å². The molecule has 5 rings (SSSR count). The molecule has 182 valence electrons. The van der Waals surface area contributed by atoms with Gasteiger partial charge in [-0.15, -0.1) is 0 Å². The number of nitrogens with one attached hydrogen (secondary N) is 2. The van der Waals surface area contributed by atoms with Crippen LogP contribution in [-0.4, -0.2) is 61.5 Å². The number of hydrogen-bond donors (Lipinski definition) is 3. The quantitative estimate of drug-likeness (QED) is 0.492. The van der Waals surface area contributed by atoms with Crippen molar-refractivity contribution in [2.24, 2.45) is 5.92 Å². The van der Waals surface area contributed by atoms with Gasteiger partial charge in [-0.2, -0.15) is 4.98 Å². The lowest BCUT2D eigenvalue weighted by molar-refractivity contribution is -0.120. The molecule has 0 bridgehead atoms. The summed E-state index contributed by atoms with van der Waals surface area (Å²) in [4.78, 5) is 28.9. The fourth-order valence-corrected chi connectivity index (χ4v) is 6.45. The van der Waals surface area contributed by atoms with Crippen molar-refractivity contribution in [3.63, 3.8) is 0 Å². The molecule has 0 radical (unpaired) electrons. The number of aliphatic hydroxyl groups excluding tert-OH is 1. The van der Waals surface area contributed by atoms with E-state index in [4.69, 9.17) is 33.2 Å². The van der Waals surface area contributed by atoms with Gasteiger partial charge in [-0.3, -0.25) is 9.78 Å². The van der Waals surface area contributed by atoms with Crippen LogP contribution in [0.4, 0.5) is 17.5 Å². The van der Waals surface area contributed by atoms with E-state index < -0.39 is 16.7 Å². The van der Waals surface area contributed by atoms with Crippen molar-refractivity contribution in [3.8, 4) is 0 Å². The van der Waals surface area contributed by atoms with Gasteiger partial charge in [-0.1, -0.05) is 23.2 Å². The monoisotopic (exact) mass is 524 g/mol. The van der Waals surface area contributed by atoms with Gasteiger partial charge in [-0.25, -0.2) is 4.98 Å². The van der Waals surface area contributed by atoms with Crippen LogP contribution in [0.1, 0.15) is 37.8 Å². The molecule has 34 heavy (non-hydrogen) atoms. The first-order chi connectivity index (χ1) is 16.4. The number of pyridine rings is 1. The normalized spacial score (nSPS) is 21.6. The summed E-state index contributed by atoms with van der Waals surface area (Å²) in [7, 11) is 0. The van der Waals surface area contributed by atoms with E-state index in [2.05, 4.69) is 20.5 Å². The average molecular weight is 525 g/mol. The van der Waals surface area contributed by atoms with Crippen molar-refractivity contribution in [1.82, 2.24) is 15.0 Å². The maximum Gasteiger partial charge on any atom is 0.227 e. The Kier molecular flexibility index (Phi) is 6.78. The fraction of sp³-hybridized carbons (Fsp3) is 0.545. The molecule has 1 unspecified atom stereocenters. The van der Waals surface area contributed by atoms with Gasteiger partial charge in [0.05, 0.1) is 27.9 Å². The van der Waals surface area contributed by atoms with Gasteiger partial charge in [0.25, 0.3) is 0 Å². The van der Waals surface area contributed by atoms with Crippen molar-refractivity contribution in [2.75, 3.05) is 41.0 Å². The maximum absolute atomic E-state index is 12.8. The van der Waals surface area contributed by atoms with E-state index in [1.807, 2.05) is 0 Å². The molecule has 1 saturated heterocycles. The fourth-order valence-electron chi connectivity index (χ4n) is 4.69. The number of aliphatic hydroxyl groups is 1. The topological polar surface area (TPSA) is 126 Å². The van der Waals surface area contributed by atoms with E-state index >= 15 is 0 Å². The number of hydrogen-bond acceptors (Lipinski definition) is 8.